The molecule has 0 unspecified atom stereocenters. The van der Waals surface area contributed by atoms with Gasteiger partial charge in [-0.2, -0.15) is 0 Å². The highest BCUT2D eigenvalue weighted by atomic mass is 127. The van der Waals surface area contributed by atoms with E-state index in [4.69, 9.17) is 15.2 Å². The van der Waals surface area contributed by atoms with E-state index >= 15 is 0 Å². The largest absolute Gasteiger partial charge is 0.494 e. The lowest BCUT2D eigenvalue weighted by molar-refractivity contribution is 0.0531. The third-order valence-electron chi connectivity index (χ3n) is 5.07. The van der Waals surface area contributed by atoms with E-state index in [1.54, 1.807) is 0 Å². The van der Waals surface area contributed by atoms with Crippen LogP contribution >= 0.6 is 24.0 Å². The average molecular weight is 495 g/mol. The second kappa shape index (κ2) is 10.7. The molecule has 28 heavy (non-hydrogen) atoms. The van der Waals surface area contributed by atoms with Crippen LogP contribution in [0, 0.1) is 6.92 Å². The lowest BCUT2D eigenvalue weighted by Gasteiger charge is -2.36. The van der Waals surface area contributed by atoms with E-state index in [-0.39, 0.29) is 29.4 Å². The summed E-state index contributed by atoms with van der Waals surface area (Å²) in [5.74, 6) is 1.34. The van der Waals surface area contributed by atoms with Crippen LogP contribution in [0.4, 0.5) is 5.69 Å². The number of ether oxygens (including phenoxy) is 2. The fourth-order valence-corrected chi connectivity index (χ4v) is 3.52. The van der Waals surface area contributed by atoms with E-state index in [2.05, 4.69) is 41.5 Å². The van der Waals surface area contributed by atoms with Gasteiger partial charge in [0.05, 0.1) is 13.2 Å². The first-order chi connectivity index (χ1) is 13.1. The van der Waals surface area contributed by atoms with Gasteiger partial charge in [0.15, 0.2) is 5.96 Å². The Hall–Kier alpha value is -1.80. The van der Waals surface area contributed by atoms with Crippen molar-refractivity contribution < 1.29 is 9.47 Å². The summed E-state index contributed by atoms with van der Waals surface area (Å²) in [5.41, 5.74) is 9.51. The molecule has 3 rings (SSSR count). The van der Waals surface area contributed by atoms with E-state index < -0.39 is 0 Å². The molecule has 0 bridgehead atoms. The third kappa shape index (κ3) is 5.85. The first-order valence-corrected chi connectivity index (χ1v) is 9.56. The van der Waals surface area contributed by atoms with Gasteiger partial charge in [0.25, 0.3) is 0 Å². The van der Waals surface area contributed by atoms with E-state index in [9.17, 15) is 0 Å². The Balaban J connectivity index is 0.00000280. The minimum atomic E-state index is -0.0537. The molecule has 0 amide bonds. The Bertz CT molecular complexity index is 772. The Morgan fingerprint density at radius 2 is 1.89 bits per heavy atom. The van der Waals surface area contributed by atoms with Crippen molar-refractivity contribution in [1.82, 2.24) is 0 Å². The number of guanidine groups is 1. The summed E-state index contributed by atoms with van der Waals surface area (Å²) >= 11 is 0. The molecule has 6 heteroatoms. The average Bonchev–Trinajstić information content (AvgIpc) is 2.68. The maximum atomic E-state index is 6.16. The Labute approximate surface area is 184 Å². The number of hydrogen-bond acceptors (Lipinski definition) is 3. The topological polar surface area (TPSA) is 68.9 Å². The van der Waals surface area contributed by atoms with Crippen molar-refractivity contribution in [3.05, 3.63) is 59.7 Å². The van der Waals surface area contributed by atoms with Gasteiger partial charge >= 0.3 is 0 Å². The van der Waals surface area contributed by atoms with Crippen molar-refractivity contribution in [2.45, 2.75) is 32.1 Å². The minimum Gasteiger partial charge on any atom is -0.494 e. The number of anilines is 1. The van der Waals surface area contributed by atoms with Gasteiger partial charge in [-0.05, 0) is 62.1 Å². The monoisotopic (exact) mass is 495 g/mol. The van der Waals surface area contributed by atoms with Gasteiger partial charge in [0.1, 0.15) is 5.75 Å². The predicted molar refractivity (Wildman–Crippen MR) is 126 cm³/mol. The molecular formula is C22H30IN3O2. The van der Waals surface area contributed by atoms with Crippen LogP contribution in [0.15, 0.2) is 53.5 Å². The molecular weight excluding hydrogens is 465 g/mol. The molecule has 0 saturated carbocycles. The number of hydrogen-bond donors (Lipinski definition) is 2. The zero-order valence-electron chi connectivity index (χ0n) is 16.6. The van der Waals surface area contributed by atoms with Crippen molar-refractivity contribution in [2.75, 3.05) is 31.7 Å². The summed E-state index contributed by atoms with van der Waals surface area (Å²) in [6, 6.07) is 16.5. The molecule has 5 nitrogen and oxygen atoms in total. The molecule has 3 N–H and O–H groups in total. The standard InChI is InChI=1S/C22H29N3O2.HI/c1-3-27-20-9-7-18(8-10-20)22(11-13-26-14-12-22)16-24-21(23)25-19-6-4-5-17(2)15-19;/h4-10,15H,3,11-14,16H2,1-2H3,(H3,23,24,25);1H. The van der Waals surface area contributed by atoms with Gasteiger partial charge in [0, 0.05) is 24.3 Å². The van der Waals surface area contributed by atoms with Gasteiger partial charge < -0.3 is 20.5 Å². The van der Waals surface area contributed by atoms with E-state index in [1.165, 1.54) is 11.1 Å². The van der Waals surface area contributed by atoms with Crippen LogP contribution in [0.1, 0.15) is 30.9 Å². The Morgan fingerprint density at radius 3 is 2.54 bits per heavy atom. The zero-order valence-corrected chi connectivity index (χ0v) is 18.9. The Kier molecular flexibility index (Phi) is 8.57. The molecule has 152 valence electrons. The van der Waals surface area contributed by atoms with Gasteiger partial charge in [0.2, 0.25) is 0 Å². The molecule has 1 aliphatic rings. The smallest absolute Gasteiger partial charge is 0.193 e. The normalized spacial score (nSPS) is 16.1. The molecule has 0 aromatic heterocycles. The fraction of sp³-hybridized carbons (Fsp3) is 0.409. The van der Waals surface area contributed by atoms with Crippen LogP contribution in [-0.4, -0.2) is 32.3 Å². The maximum absolute atomic E-state index is 6.16. The van der Waals surface area contributed by atoms with Crippen LogP contribution < -0.4 is 15.8 Å². The van der Waals surface area contributed by atoms with Crippen LogP contribution in [-0.2, 0) is 10.2 Å². The summed E-state index contributed by atoms with van der Waals surface area (Å²) in [4.78, 5) is 4.68. The van der Waals surface area contributed by atoms with Crippen molar-refractivity contribution in [2.24, 2.45) is 10.7 Å². The van der Waals surface area contributed by atoms with Crippen molar-refractivity contribution in [3.8, 4) is 5.75 Å². The quantitative estimate of drug-likeness (QED) is 0.352. The zero-order chi connectivity index (χ0) is 19.1. The van der Waals surface area contributed by atoms with Crippen molar-refractivity contribution in [1.29, 1.82) is 0 Å². The molecule has 1 saturated heterocycles. The molecule has 0 spiro atoms. The molecule has 1 heterocycles. The summed E-state index contributed by atoms with van der Waals surface area (Å²) in [6.07, 6.45) is 1.87. The van der Waals surface area contributed by atoms with Crippen molar-refractivity contribution in [3.63, 3.8) is 0 Å². The van der Waals surface area contributed by atoms with Crippen LogP contribution in [0.5, 0.6) is 5.75 Å². The van der Waals surface area contributed by atoms with Crippen LogP contribution in [0.3, 0.4) is 0 Å². The van der Waals surface area contributed by atoms with Crippen LogP contribution in [0.25, 0.3) is 0 Å². The number of halogens is 1. The van der Waals surface area contributed by atoms with E-state index in [0.29, 0.717) is 19.1 Å². The first-order valence-electron chi connectivity index (χ1n) is 9.56. The highest BCUT2D eigenvalue weighted by Gasteiger charge is 2.34. The van der Waals surface area contributed by atoms with E-state index in [1.807, 2.05) is 31.2 Å². The predicted octanol–water partition coefficient (Wildman–Crippen LogP) is 4.49. The molecule has 0 aliphatic carbocycles. The Morgan fingerprint density at radius 1 is 1.18 bits per heavy atom. The maximum Gasteiger partial charge on any atom is 0.193 e. The van der Waals surface area contributed by atoms with E-state index in [0.717, 1.165) is 37.5 Å². The number of aliphatic imine (C=N–C) groups is 1. The lowest BCUT2D eigenvalue weighted by atomic mass is 9.74. The molecule has 2 aromatic rings. The summed E-state index contributed by atoms with van der Waals surface area (Å²) in [6.45, 7) is 6.84. The highest BCUT2D eigenvalue weighted by Crippen LogP contribution is 2.36. The number of aryl methyl sites for hydroxylation is 1. The molecule has 0 radical (unpaired) electrons. The summed E-state index contributed by atoms with van der Waals surface area (Å²) < 4.78 is 11.2. The third-order valence-corrected chi connectivity index (χ3v) is 5.07. The second-order valence-electron chi connectivity index (χ2n) is 7.05. The van der Waals surface area contributed by atoms with Crippen molar-refractivity contribution >= 4 is 35.6 Å². The molecule has 2 aromatic carbocycles. The number of nitrogens with zero attached hydrogens (tertiary/aromatic N) is 1. The number of nitrogens with two attached hydrogens (primary N) is 1. The number of nitrogens with one attached hydrogen (secondary N) is 1. The molecule has 1 fully saturated rings. The second-order valence-corrected chi connectivity index (χ2v) is 7.05. The molecule has 0 atom stereocenters. The van der Waals surface area contributed by atoms with Crippen LogP contribution in [0.2, 0.25) is 0 Å². The summed E-state index contributed by atoms with van der Waals surface area (Å²) in [5, 5.41) is 3.19. The van der Waals surface area contributed by atoms with Gasteiger partial charge in [-0.15, -0.1) is 24.0 Å². The van der Waals surface area contributed by atoms with Gasteiger partial charge in [-0.25, -0.2) is 0 Å². The lowest BCUT2D eigenvalue weighted by Crippen LogP contribution is -2.38. The first kappa shape index (κ1) is 22.5. The number of rotatable bonds is 6. The van der Waals surface area contributed by atoms with Gasteiger partial charge in [-0.1, -0.05) is 24.3 Å². The minimum absolute atomic E-state index is 0. The SMILES string of the molecule is CCOc1ccc(C2(CN=C(N)Nc3cccc(C)c3)CCOCC2)cc1.I. The molecule has 1 aliphatic heterocycles. The highest BCUT2D eigenvalue weighted by molar-refractivity contribution is 14.0. The number of benzene rings is 2. The van der Waals surface area contributed by atoms with Gasteiger partial charge in [-0.3, -0.25) is 4.99 Å². The summed E-state index contributed by atoms with van der Waals surface area (Å²) in [7, 11) is 0. The fourth-order valence-electron chi connectivity index (χ4n) is 3.52.